The molecule has 2 aromatic carbocycles. The lowest BCUT2D eigenvalue weighted by Crippen LogP contribution is -2.38. The molecule has 0 heterocycles. The van der Waals surface area contributed by atoms with Gasteiger partial charge < -0.3 is 15.5 Å². The van der Waals surface area contributed by atoms with Gasteiger partial charge in [-0.25, -0.2) is 12.7 Å². The number of carbonyl (C=O) groups is 2. The monoisotopic (exact) mass is 432 g/mol. The van der Waals surface area contributed by atoms with Gasteiger partial charge in [0.25, 0.3) is 5.91 Å². The summed E-state index contributed by atoms with van der Waals surface area (Å²) in [6, 6.07) is 15.7. The number of hydrogen-bond acceptors (Lipinski definition) is 5. The molecule has 0 aliphatic carbocycles. The molecule has 0 saturated carbocycles. The van der Waals surface area contributed by atoms with E-state index in [2.05, 4.69) is 15.5 Å². The molecule has 0 saturated heterocycles. The van der Waals surface area contributed by atoms with Crippen molar-refractivity contribution in [2.45, 2.75) is 11.3 Å². The third-order valence-electron chi connectivity index (χ3n) is 4.47. The topological polar surface area (TPSA) is 98.8 Å². The number of rotatable bonds is 10. The summed E-state index contributed by atoms with van der Waals surface area (Å²) < 4.78 is 25.4. The summed E-state index contributed by atoms with van der Waals surface area (Å²) in [7, 11) is 1.19. The zero-order valence-electron chi connectivity index (χ0n) is 17.5. The smallest absolute Gasteiger partial charge is 0.251 e. The largest absolute Gasteiger partial charge is 0.375 e. The van der Waals surface area contributed by atoms with Crippen LogP contribution < -0.4 is 15.5 Å². The molecule has 0 radical (unpaired) electrons. The first-order chi connectivity index (χ1) is 14.2. The van der Waals surface area contributed by atoms with Crippen LogP contribution in [0.2, 0.25) is 0 Å². The Morgan fingerprint density at radius 1 is 0.933 bits per heavy atom. The molecule has 30 heavy (non-hydrogen) atoms. The molecule has 2 N–H and O–H groups in total. The fourth-order valence-corrected chi connectivity index (χ4v) is 3.64. The number of amides is 2. The maximum absolute atomic E-state index is 12.3. The van der Waals surface area contributed by atoms with Crippen molar-refractivity contribution in [2.75, 3.05) is 45.7 Å². The van der Waals surface area contributed by atoms with Crippen LogP contribution in [0.15, 0.2) is 59.5 Å². The molecule has 0 aromatic heterocycles. The van der Waals surface area contributed by atoms with E-state index < -0.39 is 15.9 Å². The summed E-state index contributed by atoms with van der Waals surface area (Å²) in [5.74, 6) is -0.812. The molecule has 162 valence electrons. The second-order valence-electron chi connectivity index (χ2n) is 6.96. The van der Waals surface area contributed by atoms with E-state index in [9.17, 15) is 18.0 Å². The molecule has 0 unspecified atom stereocenters. The Hall–Kier alpha value is -2.91. The molecule has 0 bridgehead atoms. The summed E-state index contributed by atoms with van der Waals surface area (Å²) >= 11 is 0. The van der Waals surface area contributed by atoms with Gasteiger partial charge >= 0.3 is 0 Å². The predicted octanol–water partition coefficient (Wildman–Crippen LogP) is 1.31. The Kier molecular flexibility index (Phi) is 8.37. The maximum atomic E-state index is 12.3. The zero-order valence-corrected chi connectivity index (χ0v) is 18.3. The first-order valence-corrected chi connectivity index (χ1v) is 11.0. The highest BCUT2D eigenvalue weighted by Crippen LogP contribution is 2.15. The van der Waals surface area contributed by atoms with Gasteiger partial charge in [0.15, 0.2) is 0 Å². The fraction of sp³-hybridized carbons (Fsp3) is 0.333. The molecular formula is C21H28N4O4S. The van der Waals surface area contributed by atoms with Gasteiger partial charge in [0.2, 0.25) is 15.9 Å². The summed E-state index contributed by atoms with van der Waals surface area (Å²) in [4.78, 5) is 26.4. The van der Waals surface area contributed by atoms with Crippen molar-refractivity contribution in [1.29, 1.82) is 0 Å². The van der Waals surface area contributed by atoms with Crippen LogP contribution >= 0.6 is 0 Å². The Labute approximate surface area is 177 Å². The van der Waals surface area contributed by atoms with Gasteiger partial charge in [-0.3, -0.25) is 9.59 Å². The number of benzene rings is 2. The lowest BCUT2D eigenvalue weighted by atomic mass is 10.2. The number of hydrogen-bond donors (Lipinski definition) is 2. The van der Waals surface area contributed by atoms with Crippen molar-refractivity contribution < 1.29 is 18.0 Å². The average Bonchev–Trinajstić information content (AvgIpc) is 2.75. The van der Waals surface area contributed by atoms with E-state index >= 15 is 0 Å². The van der Waals surface area contributed by atoms with Gasteiger partial charge in [-0.15, -0.1) is 0 Å². The Morgan fingerprint density at radius 3 is 2.30 bits per heavy atom. The minimum Gasteiger partial charge on any atom is -0.375 e. The summed E-state index contributed by atoms with van der Waals surface area (Å²) in [6.07, 6.45) is 0.759. The minimum absolute atomic E-state index is 0.0205. The van der Waals surface area contributed by atoms with E-state index in [-0.39, 0.29) is 22.9 Å². The van der Waals surface area contributed by atoms with Crippen molar-refractivity contribution in [3.63, 3.8) is 0 Å². The van der Waals surface area contributed by atoms with Crippen LogP contribution in [0.4, 0.5) is 5.69 Å². The van der Waals surface area contributed by atoms with E-state index in [4.69, 9.17) is 0 Å². The lowest BCUT2D eigenvalue weighted by molar-refractivity contribution is -0.120. The van der Waals surface area contributed by atoms with Crippen LogP contribution in [-0.4, -0.2) is 65.3 Å². The molecule has 9 heteroatoms. The molecule has 2 aromatic rings. The molecule has 0 spiro atoms. The van der Waals surface area contributed by atoms with Crippen LogP contribution in [0.1, 0.15) is 16.8 Å². The van der Waals surface area contributed by atoms with E-state index in [0.29, 0.717) is 6.54 Å². The van der Waals surface area contributed by atoms with Gasteiger partial charge in [0.1, 0.15) is 0 Å². The van der Waals surface area contributed by atoms with E-state index in [1.807, 2.05) is 37.4 Å². The van der Waals surface area contributed by atoms with Crippen LogP contribution in [-0.2, 0) is 14.8 Å². The molecule has 0 fully saturated rings. The highest BCUT2D eigenvalue weighted by molar-refractivity contribution is 7.89. The van der Waals surface area contributed by atoms with Crippen molar-refractivity contribution in [2.24, 2.45) is 0 Å². The summed E-state index contributed by atoms with van der Waals surface area (Å²) in [6.45, 7) is 1.09. The quantitative estimate of drug-likeness (QED) is 0.552. The Morgan fingerprint density at radius 2 is 1.63 bits per heavy atom. The normalized spacial score (nSPS) is 11.2. The van der Waals surface area contributed by atoms with Gasteiger partial charge in [0.05, 0.1) is 11.4 Å². The first-order valence-electron chi connectivity index (χ1n) is 9.55. The maximum Gasteiger partial charge on any atom is 0.251 e. The van der Waals surface area contributed by atoms with Crippen molar-refractivity contribution in [1.82, 2.24) is 14.9 Å². The fourth-order valence-electron chi connectivity index (χ4n) is 2.69. The van der Waals surface area contributed by atoms with Crippen molar-refractivity contribution >= 4 is 27.5 Å². The Balaban J connectivity index is 1.76. The third kappa shape index (κ3) is 6.57. The van der Waals surface area contributed by atoms with Crippen molar-refractivity contribution in [3.05, 3.63) is 60.2 Å². The van der Waals surface area contributed by atoms with Crippen LogP contribution in [0, 0.1) is 0 Å². The molecule has 2 amide bonds. The minimum atomic E-state index is -3.64. The van der Waals surface area contributed by atoms with E-state index in [1.165, 1.54) is 38.4 Å². The first kappa shape index (κ1) is 23.4. The standard InChI is InChI=1S/C21H28N4O4S/c1-24(2)30(28,29)19-12-7-9-17(15-19)21(27)23-16-20(26)22-13-8-14-25(3)18-10-5-4-6-11-18/h4-7,9-12,15H,8,13-14,16H2,1-3H3,(H,22,26)(H,23,27). The molecular weight excluding hydrogens is 404 g/mol. The SMILES string of the molecule is CN(CCCNC(=O)CNC(=O)c1cccc(S(=O)(=O)N(C)C)c1)c1ccccc1. The molecule has 0 atom stereocenters. The van der Waals surface area contributed by atoms with Gasteiger partial charge in [-0.05, 0) is 36.8 Å². The number of nitrogens with zero attached hydrogens (tertiary/aromatic N) is 2. The average molecular weight is 433 g/mol. The number of para-hydroxylation sites is 1. The number of carbonyl (C=O) groups excluding carboxylic acids is 2. The number of anilines is 1. The summed E-state index contributed by atoms with van der Waals surface area (Å²) in [5.41, 5.74) is 1.28. The van der Waals surface area contributed by atoms with E-state index in [1.54, 1.807) is 0 Å². The van der Waals surface area contributed by atoms with Crippen LogP contribution in [0.25, 0.3) is 0 Å². The Bertz CT molecular complexity index is 962. The lowest BCUT2D eigenvalue weighted by Gasteiger charge is -2.19. The number of sulfonamides is 1. The predicted molar refractivity (Wildman–Crippen MR) is 117 cm³/mol. The third-order valence-corrected chi connectivity index (χ3v) is 6.28. The molecule has 0 aliphatic rings. The zero-order chi connectivity index (χ0) is 22.1. The van der Waals surface area contributed by atoms with Gasteiger partial charge in [0, 0.05) is 45.5 Å². The molecule has 0 aliphatic heterocycles. The van der Waals surface area contributed by atoms with Crippen LogP contribution in [0.3, 0.4) is 0 Å². The van der Waals surface area contributed by atoms with E-state index in [0.717, 1.165) is 23.0 Å². The highest BCUT2D eigenvalue weighted by Gasteiger charge is 2.18. The second-order valence-corrected chi connectivity index (χ2v) is 9.11. The summed E-state index contributed by atoms with van der Waals surface area (Å²) in [5, 5.41) is 5.28. The second kappa shape index (κ2) is 10.7. The van der Waals surface area contributed by atoms with Crippen LogP contribution in [0.5, 0.6) is 0 Å². The highest BCUT2D eigenvalue weighted by atomic mass is 32.2. The van der Waals surface area contributed by atoms with Gasteiger partial charge in [-0.1, -0.05) is 24.3 Å². The van der Waals surface area contributed by atoms with Gasteiger partial charge in [-0.2, -0.15) is 0 Å². The number of nitrogens with one attached hydrogen (secondary N) is 2. The molecule has 8 nitrogen and oxygen atoms in total. The van der Waals surface area contributed by atoms with Crippen molar-refractivity contribution in [3.8, 4) is 0 Å². The molecule has 2 rings (SSSR count).